The van der Waals surface area contributed by atoms with E-state index in [4.69, 9.17) is 0 Å². The smallest absolute Gasteiger partial charge is 0.241 e. The first-order valence-corrected chi connectivity index (χ1v) is 8.62. The molecule has 0 bridgehead atoms. The maximum atomic E-state index is 12.4. The first-order valence-electron chi connectivity index (χ1n) is 8.62. The van der Waals surface area contributed by atoms with Gasteiger partial charge in [0.1, 0.15) is 0 Å². The van der Waals surface area contributed by atoms with Gasteiger partial charge >= 0.3 is 0 Å². The van der Waals surface area contributed by atoms with Crippen molar-refractivity contribution in [3.8, 4) is 0 Å². The van der Waals surface area contributed by atoms with Crippen molar-refractivity contribution in [2.45, 2.75) is 57.5 Å². The van der Waals surface area contributed by atoms with Gasteiger partial charge in [0.2, 0.25) is 11.8 Å². The van der Waals surface area contributed by atoms with Crippen molar-refractivity contribution in [1.82, 2.24) is 5.32 Å². The molecule has 0 aromatic heterocycles. The number of anilines is 2. The van der Waals surface area contributed by atoms with Crippen molar-refractivity contribution in [3.63, 3.8) is 0 Å². The third-order valence-electron chi connectivity index (χ3n) is 4.94. The van der Waals surface area contributed by atoms with Crippen molar-refractivity contribution in [2.75, 3.05) is 10.6 Å². The fourth-order valence-electron chi connectivity index (χ4n) is 3.64. The summed E-state index contributed by atoms with van der Waals surface area (Å²) < 4.78 is 0. The molecule has 1 saturated heterocycles. The fourth-order valence-corrected chi connectivity index (χ4v) is 3.64. The number of benzene rings is 1. The van der Waals surface area contributed by atoms with E-state index in [0.29, 0.717) is 18.4 Å². The number of rotatable bonds is 4. The Bertz CT molecular complexity index is 562. The molecule has 1 saturated carbocycles. The minimum Gasteiger partial charge on any atom is -0.326 e. The molecule has 1 aliphatic heterocycles. The summed E-state index contributed by atoms with van der Waals surface area (Å²) in [5.41, 5.74) is 1.51. The zero-order valence-electron chi connectivity index (χ0n) is 14.0. The molecule has 2 fully saturated rings. The Hall–Kier alpha value is -1.59. The number of fused-ring (bicyclic) bond motifs is 1. The molecule has 24 heavy (non-hydrogen) atoms. The van der Waals surface area contributed by atoms with Crippen molar-refractivity contribution in [3.05, 3.63) is 24.3 Å². The lowest BCUT2D eigenvalue weighted by atomic mass is 9.85. The number of hydrogen-bond acceptors (Lipinski definition) is 3. The normalized spacial score (nSPS) is 25.3. The topological polar surface area (TPSA) is 70.2 Å². The number of amides is 2. The van der Waals surface area contributed by atoms with Crippen LogP contribution in [-0.2, 0) is 9.59 Å². The van der Waals surface area contributed by atoms with Gasteiger partial charge in [-0.2, -0.15) is 0 Å². The standard InChI is InChI=1S/C18H25N3O2.ClH/c1-2-17(22)19-13-7-9-14(10-8-13)20-18(23)16-11-12-5-3-4-6-15(12)21-16;/h7-10,12,15-16,21H,2-6,11H2,1H3,(H,19,22)(H,20,23);1H. The van der Waals surface area contributed by atoms with Crippen LogP contribution in [0.2, 0.25) is 0 Å². The molecular weight excluding hydrogens is 326 g/mol. The van der Waals surface area contributed by atoms with E-state index < -0.39 is 0 Å². The summed E-state index contributed by atoms with van der Waals surface area (Å²) >= 11 is 0. The molecule has 3 atom stereocenters. The van der Waals surface area contributed by atoms with Gasteiger partial charge in [-0.3, -0.25) is 9.59 Å². The van der Waals surface area contributed by atoms with Crippen LogP contribution in [0.15, 0.2) is 24.3 Å². The maximum absolute atomic E-state index is 12.4. The molecule has 5 nitrogen and oxygen atoms in total. The first kappa shape index (κ1) is 18.7. The molecule has 3 N–H and O–H groups in total. The summed E-state index contributed by atoms with van der Waals surface area (Å²) in [4.78, 5) is 23.8. The van der Waals surface area contributed by atoms with Gasteiger partial charge < -0.3 is 16.0 Å². The SMILES string of the molecule is CCC(=O)Nc1ccc(NC(=O)C2CC3CCCCC3N2)cc1.Cl. The lowest BCUT2D eigenvalue weighted by Crippen LogP contribution is -2.39. The predicted molar refractivity (Wildman–Crippen MR) is 98.5 cm³/mol. The number of hydrogen-bond donors (Lipinski definition) is 3. The third-order valence-corrected chi connectivity index (χ3v) is 4.94. The van der Waals surface area contributed by atoms with Gasteiger partial charge in [-0.25, -0.2) is 0 Å². The van der Waals surface area contributed by atoms with E-state index in [1.165, 1.54) is 25.7 Å². The lowest BCUT2D eigenvalue weighted by Gasteiger charge is -2.24. The zero-order chi connectivity index (χ0) is 16.2. The van der Waals surface area contributed by atoms with Crippen molar-refractivity contribution >= 4 is 35.6 Å². The van der Waals surface area contributed by atoms with E-state index in [2.05, 4.69) is 16.0 Å². The molecular formula is C18H26ClN3O2. The van der Waals surface area contributed by atoms with Gasteiger partial charge in [-0.15, -0.1) is 12.4 Å². The second kappa shape index (κ2) is 8.49. The van der Waals surface area contributed by atoms with Gasteiger partial charge in [0, 0.05) is 23.8 Å². The first-order chi connectivity index (χ1) is 11.2. The molecule has 1 heterocycles. The average Bonchev–Trinajstić information content (AvgIpc) is 3.00. The highest BCUT2D eigenvalue weighted by Gasteiger charge is 2.38. The Morgan fingerprint density at radius 3 is 2.33 bits per heavy atom. The largest absolute Gasteiger partial charge is 0.326 e. The van der Waals surface area contributed by atoms with Gasteiger partial charge in [0.15, 0.2) is 0 Å². The van der Waals surface area contributed by atoms with Crippen LogP contribution < -0.4 is 16.0 Å². The second-order valence-corrected chi connectivity index (χ2v) is 6.57. The number of carbonyl (C=O) groups is 2. The highest BCUT2D eigenvalue weighted by Crippen LogP contribution is 2.33. The van der Waals surface area contributed by atoms with Gasteiger partial charge in [0.25, 0.3) is 0 Å². The summed E-state index contributed by atoms with van der Waals surface area (Å²) in [5.74, 6) is 0.690. The van der Waals surface area contributed by atoms with Crippen LogP contribution in [0.4, 0.5) is 11.4 Å². The summed E-state index contributed by atoms with van der Waals surface area (Å²) in [7, 11) is 0. The van der Waals surface area contributed by atoms with Crippen LogP contribution in [0.25, 0.3) is 0 Å². The summed E-state index contributed by atoms with van der Waals surface area (Å²) in [6.45, 7) is 1.82. The second-order valence-electron chi connectivity index (χ2n) is 6.57. The molecule has 1 aliphatic carbocycles. The monoisotopic (exact) mass is 351 g/mol. The fraction of sp³-hybridized carbons (Fsp3) is 0.556. The highest BCUT2D eigenvalue weighted by atomic mass is 35.5. The Kier molecular flexibility index (Phi) is 6.63. The number of nitrogens with one attached hydrogen (secondary N) is 3. The Morgan fingerprint density at radius 1 is 1.08 bits per heavy atom. The van der Waals surface area contributed by atoms with E-state index >= 15 is 0 Å². The van der Waals surface area contributed by atoms with E-state index in [1.807, 2.05) is 31.2 Å². The Morgan fingerprint density at radius 2 is 1.71 bits per heavy atom. The van der Waals surface area contributed by atoms with Crippen LogP contribution in [0, 0.1) is 5.92 Å². The van der Waals surface area contributed by atoms with Gasteiger partial charge in [-0.05, 0) is 49.4 Å². The van der Waals surface area contributed by atoms with Crippen molar-refractivity contribution < 1.29 is 9.59 Å². The summed E-state index contributed by atoms with van der Waals surface area (Å²) in [6.07, 6.45) is 6.40. The summed E-state index contributed by atoms with van der Waals surface area (Å²) in [6, 6.07) is 7.71. The molecule has 1 aromatic rings. The van der Waals surface area contributed by atoms with E-state index in [-0.39, 0.29) is 30.3 Å². The maximum Gasteiger partial charge on any atom is 0.241 e. The molecule has 3 unspecified atom stereocenters. The molecule has 0 radical (unpaired) electrons. The minimum absolute atomic E-state index is 0. The molecule has 0 spiro atoms. The Balaban J connectivity index is 0.00000208. The predicted octanol–water partition coefficient (Wildman–Crippen LogP) is 3.32. The van der Waals surface area contributed by atoms with Crippen LogP contribution in [0.5, 0.6) is 0 Å². The third kappa shape index (κ3) is 4.48. The van der Waals surface area contributed by atoms with E-state index in [1.54, 1.807) is 0 Å². The van der Waals surface area contributed by atoms with Crippen molar-refractivity contribution in [2.24, 2.45) is 5.92 Å². The average molecular weight is 352 g/mol. The number of halogens is 1. The summed E-state index contributed by atoms with van der Waals surface area (Å²) in [5, 5.41) is 9.26. The van der Waals surface area contributed by atoms with Crippen LogP contribution in [-0.4, -0.2) is 23.9 Å². The van der Waals surface area contributed by atoms with Gasteiger partial charge in [0.05, 0.1) is 6.04 Å². The van der Waals surface area contributed by atoms with Crippen LogP contribution >= 0.6 is 12.4 Å². The minimum atomic E-state index is -0.0810. The van der Waals surface area contributed by atoms with E-state index in [9.17, 15) is 9.59 Å². The van der Waals surface area contributed by atoms with Gasteiger partial charge in [-0.1, -0.05) is 19.8 Å². The highest BCUT2D eigenvalue weighted by molar-refractivity contribution is 5.95. The molecule has 6 heteroatoms. The lowest BCUT2D eigenvalue weighted by molar-refractivity contribution is -0.118. The molecule has 2 aliphatic rings. The van der Waals surface area contributed by atoms with Crippen LogP contribution in [0.1, 0.15) is 45.4 Å². The van der Waals surface area contributed by atoms with E-state index in [0.717, 1.165) is 17.8 Å². The molecule has 132 valence electrons. The quantitative estimate of drug-likeness (QED) is 0.779. The number of carbonyl (C=O) groups excluding carboxylic acids is 2. The zero-order valence-corrected chi connectivity index (χ0v) is 14.8. The molecule has 2 amide bonds. The Labute approximate surface area is 149 Å². The van der Waals surface area contributed by atoms with Crippen LogP contribution in [0.3, 0.4) is 0 Å². The molecule has 3 rings (SSSR count). The van der Waals surface area contributed by atoms with Crippen molar-refractivity contribution in [1.29, 1.82) is 0 Å². The molecule has 1 aromatic carbocycles.